The van der Waals surface area contributed by atoms with Gasteiger partial charge in [-0.05, 0) is 0 Å². The number of ether oxygens (including phenoxy) is 3. The van der Waals surface area contributed by atoms with Gasteiger partial charge >= 0.3 is 0 Å². The molecule has 0 N–H and O–H groups in total. The van der Waals surface area contributed by atoms with Crippen LogP contribution in [0, 0.1) is 0 Å². The van der Waals surface area contributed by atoms with E-state index in [1.807, 2.05) is 0 Å². The molecule has 1 aliphatic rings. The van der Waals surface area contributed by atoms with Crippen LogP contribution in [0.15, 0.2) is 10.1 Å². The first kappa shape index (κ1) is 9.29. The summed E-state index contributed by atoms with van der Waals surface area (Å²) in [6, 6.07) is 0. The van der Waals surface area contributed by atoms with Crippen molar-refractivity contribution in [3.05, 3.63) is 10.1 Å². The van der Waals surface area contributed by atoms with Crippen LogP contribution in [0.1, 0.15) is 0 Å². The minimum absolute atomic E-state index is 0.235. The van der Waals surface area contributed by atoms with E-state index in [-0.39, 0.29) is 13.2 Å². The number of hydrogen-bond acceptors (Lipinski definition) is 3. The second-order valence-electron chi connectivity index (χ2n) is 1.96. The maximum atomic E-state index is 5.68. The van der Waals surface area contributed by atoms with Gasteiger partial charge in [0.1, 0.15) is 0 Å². The van der Waals surface area contributed by atoms with Crippen LogP contribution < -0.4 is 0 Å². The lowest BCUT2D eigenvalue weighted by Crippen LogP contribution is -2.18. The molecule has 0 aromatic heterocycles. The molecule has 0 unspecified atom stereocenters. The molecule has 0 aromatic rings. The smallest absolute Gasteiger partial charge is 0.272 e. The third kappa shape index (κ3) is 2.61. The number of methoxy groups -OCH3 is 1. The van der Waals surface area contributed by atoms with E-state index in [0.29, 0.717) is 10.1 Å². The Kier molecular flexibility index (Phi) is 3.62. The first-order chi connectivity index (χ1) is 5.24. The summed E-state index contributed by atoms with van der Waals surface area (Å²) in [5.74, 6) is 0. The largest absolute Gasteiger partial charge is 0.333 e. The molecule has 3 nitrogen and oxygen atoms in total. The van der Waals surface area contributed by atoms with E-state index in [1.54, 1.807) is 0 Å². The summed E-state index contributed by atoms with van der Waals surface area (Å²) in [6.07, 6.45) is 0. The molecule has 0 atom stereocenters. The van der Waals surface area contributed by atoms with Gasteiger partial charge in [-0.25, -0.2) is 0 Å². The molecule has 0 aliphatic carbocycles. The molecule has 0 spiro atoms. The first-order valence-electron chi connectivity index (χ1n) is 3.03. The highest BCUT2D eigenvalue weighted by molar-refractivity contribution is 6.39. The van der Waals surface area contributed by atoms with Crippen LogP contribution in [0.25, 0.3) is 0 Å². The summed E-state index contributed by atoms with van der Waals surface area (Å²) in [5.41, 5.74) is 0. The van der Waals surface area contributed by atoms with Crippen LogP contribution in [0.3, 0.4) is 0 Å². The Labute approximate surface area is 74.8 Å². The predicted molar refractivity (Wildman–Crippen MR) is 41.4 cm³/mol. The molecule has 11 heavy (non-hydrogen) atoms. The fourth-order valence-corrected chi connectivity index (χ4v) is 0.858. The minimum atomic E-state index is -0.667. The minimum Gasteiger partial charge on any atom is -0.333 e. The zero-order chi connectivity index (χ0) is 8.27. The second-order valence-corrected chi connectivity index (χ2v) is 2.87. The van der Waals surface area contributed by atoms with Gasteiger partial charge in [0.15, 0.2) is 0 Å². The summed E-state index contributed by atoms with van der Waals surface area (Å²) in [4.78, 5) is 0. The van der Waals surface area contributed by atoms with Gasteiger partial charge in [0.05, 0.1) is 23.3 Å². The van der Waals surface area contributed by atoms with Crippen molar-refractivity contribution in [1.29, 1.82) is 0 Å². The third-order valence-electron chi connectivity index (χ3n) is 1.18. The van der Waals surface area contributed by atoms with E-state index in [4.69, 9.17) is 37.4 Å². The van der Waals surface area contributed by atoms with E-state index >= 15 is 0 Å². The zero-order valence-corrected chi connectivity index (χ0v) is 7.48. The second kappa shape index (κ2) is 4.28. The SMILES string of the molecule is COC1OCC(Cl)=C(Cl)CO1. The van der Waals surface area contributed by atoms with Crippen LogP contribution in [0.2, 0.25) is 0 Å². The fraction of sp³-hybridized carbons (Fsp3) is 0.667. The van der Waals surface area contributed by atoms with E-state index < -0.39 is 6.48 Å². The van der Waals surface area contributed by atoms with Gasteiger partial charge in [0, 0.05) is 7.11 Å². The quantitative estimate of drug-likeness (QED) is 0.642. The highest BCUT2D eigenvalue weighted by Gasteiger charge is 2.15. The Balaban J connectivity index is 2.50. The van der Waals surface area contributed by atoms with Gasteiger partial charge in [-0.2, -0.15) is 0 Å². The Morgan fingerprint density at radius 2 is 1.73 bits per heavy atom. The molecule has 64 valence electrons. The molecule has 1 heterocycles. The van der Waals surface area contributed by atoms with Crippen molar-refractivity contribution in [2.24, 2.45) is 0 Å². The first-order valence-corrected chi connectivity index (χ1v) is 3.78. The molecule has 0 amide bonds. The van der Waals surface area contributed by atoms with Crippen molar-refractivity contribution >= 4 is 23.2 Å². The molecule has 5 heteroatoms. The summed E-state index contributed by atoms with van der Waals surface area (Å²) in [6.45, 7) is -0.197. The maximum Gasteiger partial charge on any atom is 0.272 e. The number of rotatable bonds is 1. The highest BCUT2D eigenvalue weighted by Crippen LogP contribution is 2.19. The maximum absolute atomic E-state index is 5.68. The van der Waals surface area contributed by atoms with Crippen molar-refractivity contribution < 1.29 is 14.2 Å². The van der Waals surface area contributed by atoms with Gasteiger partial charge in [-0.3, -0.25) is 0 Å². The Bertz CT molecular complexity index is 153. The monoisotopic (exact) mass is 198 g/mol. The van der Waals surface area contributed by atoms with Crippen molar-refractivity contribution in [3.8, 4) is 0 Å². The van der Waals surface area contributed by atoms with E-state index in [2.05, 4.69) is 0 Å². The van der Waals surface area contributed by atoms with E-state index in [1.165, 1.54) is 7.11 Å². The average molecular weight is 199 g/mol. The van der Waals surface area contributed by atoms with Gasteiger partial charge in [0.25, 0.3) is 6.48 Å². The van der Waals surface area contributed by atoms with E-state index in [9.17, 15) is 0 Å². The molecular formula is C6H8Cl2O3. The highest BCUT2D eigenvalue weighted by atomic mass is 35.5. The van der Waals surface area contributed by atoms with Gasteiger partial charge in [-0.1, -0.05) is 23.2 Å². The van der Waals surface area contributed by atoms with Crippen molar-refractivity contribution in [1.82, 2.24) is 0 Å². The molecule has 1 aliphatic heterocycles. The fourth-order valence-electron chi connectivity index (χ4n) is 0.623. The van der Waals surface area contributed by atoms with Crippen LogP contribution in [-0.4, -0.2) is 26.8 Å². The van der Waals surface area contributed by atoms with Crippen LogP contribution in [0.4, 0.5) is 0 Å². The molecule has 0 aromatic carbocycles. The van der Waals surface area contributed by atoms with E-state index in [0.717, 1.165) is 0 Å². The molecule has 0 radical (unpaired) electrons. The number of halogens is 2. The van der Waals surface area contributed by atoms with Gasteiger partial charge in [0.2, 0.25) is 0 Å². The average Bonchev–Trinajstić information content (AvgIpc) is 2.16. The Morgan fingerprint density at radius 3 is 2.09 bits per heavy atom. The molecule has 0 bridgehead atoms. The van der Waals surface area contributed by atoms with Crippen LogP contribution in [0.5, 0.6) is 0 Å². The lowest BCUT2D eigenvalue weighted by Gasteiger charge is -2.11. The zero-order valence-electron chi connectivity index (χ0n) is 5.97. The van der Waals surface area contributed by atoms with Crippen molar-refractivity contribution in [2.45, 2.75) is 6.48 Å². The van der Waals surface area contributed by atoms with Gasteiger partial charge in [-0.15, -0.1) is 0 Å². The lowest BCUT2D eigenvalue weighted by molar-refractivity contribution is -0.265. The molecule has 0 saturated carbocycles. The molecular weight excluding hydrogens is 191 g/mol. The summed E-state index contributed by atoms with van der Waals surface area (Å²) in [5, 5.41) is 0.928. The van der Waals surface area contributed by atoms with Crippen molar-refractivity contribution in [3.63, 3.8) is 0 Å². The van der Waals surface area contributed by atoms with Crippen molar-refractivity contribution in [2.75, 3.05) is 20.3 Å². The predicted octanol–water partition coefficient (Wildman–Crippen LogP) is 1.65. The summed E-state index contributed by atoms with van der Waals surface area (Å²) in [7, 11) is 1.48. The van der Waals surface area contributed by atoms with Crippen LogP contribution in [-0.2, 0) is 14.2 Å². The Hall–Kier alpha value is 0.200. The molecule has 0 fully saturated rings. The van der Waals surface area contributed by atoms with Crippen LogP contribution >= 0.6 is 23.2 Å². The number of hydrogen-bond donors (Lipinski definition) is 0. The topological polar surface area (TPSA) is 27.7 Å². The third-order valence-corrected chi connectivity index (χ3v) is 1.95. The summed E-state index contributed by atoms with van der Waals surface area (Å²) < 4.78 is 14.8. The molecule has 1 rings (SSSR count). The standard InChI is InChI=1S/C6H8Cl2O3/c1-9-6-10-2-4(7)5(8)3-11-6/h6H,2-3H2,1H3. The summed E-state index contributed by atoms with van der Waals surface area (Å²) >= 11 is 11.4. The van der Waals surface area contributed by atoms with Gasteiger partial charge < -0.3 is 14.2 Å². The Morgan fingerprint density at radius 1 is 1.27 bits per heavy atom. The molecule has 0 saturated heterocycles. The normalized spacial score (nSPS) is 22.1. The lowest BCUT2D eigenvalue weighted by atomic mass is 10.5.